The smallest absolute Gasteiger partial charge is 0.287 e. The van der Waals surface area contributed by atoms with Crippen molar-refractivity contribution >= 4 is 11.6 Å². The molecule has 7 nitrogen and oxygen atoms in total. The minimum atomic E-state index is -2.79. The van der Waals surface area contributed by atoms with Gasteiger partial charge in [-0.2, -0.15) is 24.1 Å². The molecule has 0 saturated heterocycles. The van der Waals surface area contributed by atoms with Crippen LogP contribution in [-0.4, -0.2) is 29.3 Å². The molecule has 0 aliphatic carbocycles. The van der Waals surface area contributed by atoms with Gasteiger partial charge < -0.3 is 0 Å². The maximum atomic E-state index is 15.1. The van der Waals surface area contributed by atoms with Crippen LogP contribution in [0.2, 0.25) is 5.02 Å². The van der Waals surface area contributed by atoms with E-state index in [1.54, 1.807) is 48.0 Å². The summed E-state index contributed by atoms with van der Waals surface area (Å²) in [4.78, 5) is 12.7. The van der Waals surface area contributed by atoms with Crippen LogP contribution in [0.15, 0.2) is 78.0 Å². The van der Waals surface area contributed by atoms with E-state index in [1.807, 2.05) is 0 Å². The minimum Gasteiger partial charge on any atom is -0.287 e. The van der Waals surface area contributed by atoms with Gasteiger partial charge in [0.2, 0.25) is 5.43 Å². The van der Waals surface area contributed by atoms with Crippen LogP contribution in [0.1, 0.15) is 12.2 Å². The Balaban J connectivity index is 1.56. The van der Waals surface area contributed by atoms with E-state index >= 15 is 4.39 Å². The fraction of sp³-hybridized carbons (Fsp3) is 0.0833. The van der Waals surface area contributed by atoms with Crippen molar-refractivity contribution in [3.8, 4) is 33.9 Å². The molecule has 5 aromatic rings. The number of benzene rings is 2. The zero-order valence-electron chi connectivity index (χ0n) is 18.1. The second kappa shape index (κ2) is 8.88. The van der Waals surface area contributed by atoms with Gasteiger partial charge in [0, 0.05) is 29.0 Å². The van der Waals surface area contributed by atoms with Crippen molar-refractivity contribution in [2.75, 3.05) is 0 Å². The normalized spacial score (nSPS) is 11.4. The molecule has 0 aliphatic heterocycles. The Morgan fingerprint density at radius 2 is 1.83 bits per heavy atom. The Hall–Kier alpha value is -4.18. The molecular formula is C24H16ClF3N6O. The quantitative estimate of drug-likeness (QED) is 0.325. The Morgan fingerprint density at radius 3 is 2.54 bits per heavy atom. The van der Waals surface area contributed by atoms with Crippen LogP contribution in [0.4, 0.5) is 13.2 Å². The number of rotatable bonds is 5. The van der Waals surface area contributed by atoms with Gasteiger partial charge in [-0.3, -0.25) is 4.79 Å². The molecule has 0 N–H and O–H groups in total. The van der Waals surface area contributed by atoms with Crippen molar-refractivity contribution in [2.45, 2.75) is 13.5 Å². The Bertz CT molecular complexity index is 1610. The lowest BCUT2D eigenvalue weighted by atomic mass is 10.1. The maximum absolute atomic E-state index is 15.1. The van der Waals surface area contributed by atoms with Crippen LogP contribution in [0.5, 0.6) is 0 Å². The van der Waals surface area contributed by atoms with Gasteiger partial charge in [0.15, 0.2) is 5.69 Å². The second-order valence-corrected chi connectivity index (χ2v) is 8.13. The Labute approximate surface area is 201 Å². The minimum absolute atomic E-state index is 0.0646. The van der Waals surface area contributed by atoms with Crippen molar-refractivity contribution in [3.05, 3.63) is 99.9 Å². The molecule has 0 amide bonds. The molecular weight excluding hydrogens is 481 g/mol. The summed E-state index contributed by atoms with van der Waals surface area (Å²) in [5.41, 5.74) is 2.17. The Morgan fingerprint density at radius 1 is 1.00 bits per heavy atom. The first-order valence-electron chi connectivity index (χ1n) is 10.4. The molecule has 176 valence electrons. The van der Waals surface area contributed by atoms with Crippen LogP contribution in [-0.2, 0) is 0 Å². The topological polar surface area (TPSA) is 70.5 Å². The van der Waals surface area contributed by atoms with Gasteiger partial charge in [-0.05, 0) is 48.9 Å². The van der Waals surface area contributed by atoms with E-state index in [0.29, 0.717) is 37.9 Å². The van der Waals surface area contributed by atoms with Crippen molar-refractivity contribution in [1.29, 1.82) is 0 Å². The largest absolute Gasteiger partial charge is 0.333 e. The molecule has 0 fully saturated rings. The van der Waals surface area contributed by atoms with Gasteiger partial charge in [-0.15, -0.1) is 0 Å². The van der Waals surface area contributed by atoms with Crippen LogP contribution < -0.4 is 5.43 Å². The zero-order chi connectivity index (χ0) is 24.7. The summed E-state index contributed by atoms with van der Waals surface area (Å²) < 4.78 is 44.0. The lowest BCUT2D eigenvalue weighted by molar-refractivity contribution is 0.0566. The monoisotopic (exact) mass is 496 g/mol. The summed E-state index contributed by atoms with van der Waals surface area (Å²) in [7, 11) is 0. The molecule has 0 radical (unpaired) electrons. The summed E-state index contributed by atoms with van der Waals surface area (Å²) in [6.45, 7) is -1.01. The molecule has 2 aromatic carbocycles. The number of hydrogen-bond acceptors (Lipinski definition) is 4. The number of alkyl halides is 2. The average Bonchev–Trinajstić information content (AvgIpc) is 3.47. The fourth-order valence-corrected chi connectivity index (χ4v) is 3.84. The second-order valence-electron chi connectivity index (χ2n) is 7.69. The average molecular weight is 497 g/mol. The summed E-state index contributed by atoms with van der Waals surface area (Å²) in [6.07, 6.45) is 3.72. The fourth-order valence-electron chi connectivity index (χ4n) is 3.66. The van der Waals surface area contributed by atoms with E-state index in [2.05, 4.69) is 15.3 Å². The van der Waals surface area contributed by atoms with Gasteiger partial charge >= 0.3 is 6.55 Å². The van der Waals surface area contributed by atoms with Crippen LogP contribution >= 0.6 is 11.6 Å². The summed E-state index contributed by atoms with van der Waals surface area (Å²) in [6, 6.07) is 14.2. The van der Waals surface area contributed by atoms with Gasteiger partial charge in [0.1, 0.15) is 11.5 Å². The molecule has 5 rings (SSSR count). The third-order valence-electron chi connectivity index (χ3n) is 5.26. The van der Waals surface area contributed by atoms with Crippen molar-refractivity contribution in [3.63, 3.8) is 0 Å². The third kappa shape index (κ3) is 4.35. The SMILES string of the molecule is Cc1cc(-c2nn(-c3ccc(-c4cnn(C(F)F)c4)cc3F)ccc2=O)n(-c2cccc(Cl)c2)n1. The predicted molar refractivity (Wildman–Crippen MR) is 125 cm³/mol. The van der Waals surface area contributed by atoms with Gasteiger partial charge in [-0.25, -0.2) is 18.4 Å². The van der Waals surface area contributed by atoms with E-state index in [0.717, 1.165) is 6.20 Å². The lowest BCUT2D eigenvalue weighted by Crippen LogP contribution is -2.15. The molecule has 35 heavy (non-hydrogen) atoms. The molecule has 0 aliphatic rings. The lowest BCUT2D eigenvalue weighted by Gasteiger charge is -2.11. The highest BCUT2D eigenvalue weighted by molar-refractivity contribution is 6.30. The van der Waals surface area contributed by atoms with E-state index in [-0.39, 0.29) is 16.8 Å². The number of hydrogen-bond donors (Lipinski definition) is 0. The Kier molecular flexibility index (Phi) is 5.73. The predicted octanol–water partition coefficient (Wildman–Crippen LogP) is 5.44. The molecule has 0 unspecified atom stereocenters. The molecule has 3 aromatic heterocycles. The highest BCUT2D eigenvalue weighted by Crippen LogP contribution is 2.26. The number of halogens is 4. The summed E-state index contributed by atoms with van der Waals surface area (Å²) in [5, 5.41) is 12.9. The van der Waals surface area contributed by atoms with Gasteiger partial charge in [-0.1, -0.05) is 23.7 Å². The standard InChI is InChI=1S/C24H16ClF3N6O/c1-14-9-21(34(30-14)18-4-2-3-17(25)11-18)23-22(35)7-8-32(31-23)20-6-5-15(10-19(20)26)16-12-29-33(13-16)24(27)28/h2-13,24H,1H3. The van der Waals surface area contributed by atoms with Gasteiger partial charge in [0.25, 0.3) is 0 Å². The molecule has 0 saturated carbocycles. The number of nitrogens with zero attached hydrogens (tertiary/aromatic N) is 6. The first kappa shape index (κ1) is 22.6. The molecule has 0 spiro atoms. The van der Waals surface area contributed by atoms with Crippen LogP contribution in [0.3, 0.4) is 0 Å². The first-order valence-corrected chi connectivity index (χ1v) is 10.7. The van der Waals surface area contributed by atoms with Crippen LogP contribution in [0, 0.1) is 12.7 Å². The van der Waals surface area contributed by atoms with Crippen molar-refractivity contribution in [2.24, 2.45) is 0 Å². The van der Waals surface area contributed by atoms with E-state index in [9.17, 15) is 13.6 Å². The maximum Gasteiger partial charge on any atom is 0.333 e. The highest BCUT2D eigenvalue weighted by Gasteiger charge is 2.17. The van der Waals surface area contributed by atoms with Gasteiger partial charge in [0.05, 0.1) is 23.3 Å². The zero-order valence-corrected chi connectivity index (χ0v) is 18.9. The molecule has 3 heterocycles. The van der Waals surface area contributed by atoms with E-state index in [4.69, 9.17) is 11.6 Å². The van der Waals surface area contributed by atoms with E-state index in [1.165, 1.54) is 35.3 Å². The number of aromatic nitrogens is 6. The molecule has 0 atom stereocenters. The van der Waals surface area contributed by atoms with Crippen molar-refractivity contribution < 1.29 is 13.2 Å². The summed E-state index contributed by atoms with van der Waals surface area (Å²) in [5.74, 6) is -0.658. The highest BCUT2D eigenvalue weighted by atomic mass is 35.5. The van der Waals surface area contributed by atoms with E-state index < -0.39 is 12.4 Å². The molecule has 0 bridgehead atoms. The summed E-state index contributed by atoms with van der Waals surface area (Å²) >= 11 is 6.12. The van der Waals surface area contributed by atoms with Crippen molar-refractivity contribution in [1.82, 2.24) is 29.3 Å². The third-order valence-corrected chi connectivity index (χ3v) is 5.50. The van der Waals surface area contributed by atoms with Crippen LogP contribution in [0.25, 0.3) is 33.9 Å². The molecule has 11 heteroatoms. The first-order chi connectivity index (χ1) is 16.8. The number of aryl methyl sites for hydroxylation is 1.